The standard InChI is InChI=1S/C10H18N4S/c1-8-6-9(11)13-10(12-8)7-14(2)4-5-15-3/h6H,4-5,7H2,1-3H3,(H2,11,12,13). The van der Waals surface area contributed by atoms with Crippen LogP contribution in [0.2, 0.25) is 0 Å². The third-order valence-corrected chi connectivity index (χ3v) is 2.60. The van der Waals surface area contributed by atoms with Gasteiger partial charge in [0, 0.05) is 24.1 Å². The van der Waals surface area contributed by atoms with Gasteiger partial charge in [-0.2, -0.15) is 11.8 Å². The number of nitrogens with zero attached hydrogens (tertiary/aromatic N) is 3. The Morgan fingerprint density at radius 2 is 2.20 bits per heavy atom. The molecular formula is C10H18N4S. The number of thioether (sulfide) groups is 1. The predicted octanol–water partition coefficient (Wildman–Crippen LogP) is 1.16. The van der Waals surface area contributed by atoms with Crippen LogP contribution >= 0.6 is 11.8 Å². The van der Waals surface area contributed by atoms with Gasteiger partial charge in [0.1, 0.15) is 11.6 Å². The van der Waals surface area contributed by atoms with Crippen LogP contribution < -0.4 is 5.73 Å². The Morgan fingerprint density at radius 3 is 2.80 bits per heavy atom. The Kier molecular flexibility index (Phi) is 4.84. The summed E-state index contributed by atoms with van der Waals surface area (Å²) in [7, 11) is 2.07. The first kappa shape index (κ1) is 12.3. The van der Waals surface area contributed by atoms with Crippen LogP contribution in [0.15, 0.2) is 6.07 Å². The van der Waals surface area contributed by atoms with Gasteiger partial charge in [0.15, 0.2) is 0 Å². The van der Waals surface area contributed by atoms with Gasteiger partial charge in [-0.05, 0) is 20.2 Å². The number of aromatic nitrogens is 2. The van der Waals surface area contributed by atoms with E-state index in [-0.39, 0.29) is 0 Å². The van der Waals surface area contributed by atoms with Crippen LogP contribution in [0.1, 0.15) is 11.5 Å². The molecule has 0 amide bonds. The lowest BCUT2D eigenvalue weighted by atomic mass is 10.4. The Bertz CT molecular complexity index is 296. The largest absolute Gasteiger partial charge is 0.384 e. The van der Waals surface area contributed by atoms with Gasteiger partial charge in [0.05, 0.1) is 6.54 Å². The average Bonchev–Trinajstić information content (AvgIpc) is 2.13. The predicted molar refractivity (Wildman–Crippen MR) is 65.9 cm³/mol. The van der Waals surface area contributed by atoms with Crippen molar-refractivity contribution < 1.29 is 0 Å². The number of rotatable bonds is 5. The minimum Gasteiger partial charge on any atom is -0.384 e. The first-order valence-electron chi connectivity index (χ1n) is 4.89. The third-order valence-electron chi connectivity index (χ3n) is 2.01. The minimum absolute atomic E-state index is 0.552. The summed E-state index contributed by atoms with van der Waals surface area (Å²) in [5, 5.41) is 0. The molecule has 5 heteroatoms. The molecule has 15 heavy (non-hydrogen) atoms. The number of hydrogen-bond donors (Lipinski definition) is 1. The molecule has 1 aromatic heterocycles. The Morgan fingerprint density at radius 1 is 1.47 bits per heavy atom. The van der Waals surface area contributed by atoms with E-state index in [1.807, 2.05) is 18.7 Å². The summed E-state index contributed by atoms with van der Waals surface area (Å²) in [6.07, 6.45) is 2.11. The zero-order valence-corrected chi connectivity index (χ0v) is 10.3. The van der Waals surface area contributed by atoms with E-state index in [2.05, 4.69) is 28.2 Å². The van der Waals surface area contributed by atoms with Crippen molar-refractivity contribution in [1.29, 1.82) is 0 Å². The van der Waals surface area contributed by atoms with Gasteiger partial charge in [-0.1, -0.05) is 0 Å². The molecule has 0 fully saturated rings. The fourth-order valence-corrected chi connectivity index (χ4v) is 1.79. The molecule has 0 saturated heterocycles. The van der Waals surface area contributed by atoms with Gasteiger partial charge in [-0.15, -0.1) is 0 Å². The van der Waals surface area contributed by atoms with E-state index in [1.165, 1.54) is 0 Å². The number of anilines is 1. The van der Waals surface area contributed by atoms with Crippen molar-refractivity contribution in [2.24, 2.45) is 0 Å². The van der Waals surface area contributed by atoms with Gasteiger partial charge < -0.3 is 5.73 Å². The summed E-state index contributed by atoms with van der Waals surface area (Å²) in [5.41, 5.74) is 6.59. The zero-order chi connectivity index (χ0) is 11.3. The Balaban J connectivity index is 2.56. The number of aryl methyl sites for hydroxylation is 1. The highest BCUT2D eigenvalue weighted by atomic mass is 32.2. The van der Waals surface area contributed by atoms with Crippen molar-refractivity contribution in [1.82, 2.24) is 14.9 Å². The second-order valence-electron chi connectivity index (χ2n) is 3.58. The summed E-state index contributed by atoms with van der Waals surface area (Å²) in [4.78, 5) is 10.7. The molecule has 0 bridgehead atoms. The van der Waals surface area contributed by atoms with Crippen molar-refractivity contribution >= 4 is 17.6 Å². The molecule has 4 nitrogen and oxygen atoms in total. The first-order valence-corrected chi connectivity index (χ1v) is 6.28. The first-order chi connectivity index (χ1) is 7.11. The third kappa shape index (κ3) is 4.48. The summed E-state index contributed by atoms with van der Waals surface area (Å²) < 4.78 is 0. The van der Waals surface area contributed by atoms with Crippen LogP contribution in [0.5, 0.6) is 0 Å². The second-order valence-corrected chi connectivity index (χ2v) is 4.57. The second kappa shape index (κ2) is 5.92. The fourth-order valence-electron chi connectivity index (χ4n) is 1.29. The van der Waals surface area contributed by atoms with Gasteiger partial charge >= 0.3 is 0 Å². The van der Waals surface area contributed by atoms with E-state index >= 15 is 0 Å². The molecule has 0 radical (unpaired) electrons. The normalized spacial score (nSPS) is 10.9. The maximum atomic E-state index is 5.66. The molecule has 0 aliphatic heterocycles. The van der Waals surface area contributed by atoms with E-state index in [0.717, 1.165) is 30.4 Å². The summed E-state index contributed by atoms with van der Waals surface area (Å²) in [6, 6.07) is 1.78. The van der Waals surface area contributed by atoms with E-state index in [0.29, 0.717) is 5.82 Å². The van der Waals surface area contributed by atoms with Crippen molar-refractivity contribution in [2.45, 2.75) is 13.5 Å². The molecule has 1 aromatic rings. The van der Waals surface area contributed by atoms with Gasteiger partial charge in [-0.25, -0.2) is 9.97 Å². The van der Waals surface area contributed by atoms with E-state index in [9.17, 15) is 0 Å². The number of nitrogens with two attached hydrogens (primary N) is 1. The Labute approximate surface area is 95.3 Å². The van der Waals surface area contributed by atoms with Gasteiger partial charge in [-0.3, -0.25) is 4.90 Å². The lowest BCUT2D eigenvalue weighted by molar-refractivity contribution is 0.339. The maximum Gasteiger partial charge on any atom is 0.144 e. The van der Waals surface area contributed by atoms with Crippen molar-refractivity contribution in [3.63, 3.8) is 0 Å². The summed E-state index contributed by atoms with van der Waals surface area (Å²) >= 11 is 1.84. The smallest absolute Gasteiger partial charge is 0.144 e. The zero-order valence-electron chi connectivity index (χ0n) is 9.53. The van der Waals surface area contributed by atoms with Crippen molar-refractivity contribution in [3.8, 4) is 0 Å². The van der Waals surface area contributed by atoms with Crippen LogP contribution in [-0.2, 0) is 6.54 Å². The average molecular weight is 226 g/mol. The Hall–Kier alpha value is -0.810. The lowest BCUT2D eigenvalue weighted by Crippen LogP contribution is -2.22. The molecule has 0 unspecified atom stereocenters. The van der Waals surface area contributed by atoms with Gasteiger partial charge in [0.25, 0.3) is 0 Å². The quantitative estimate of drug-likeness (QED) is 0.816. The van der Waals surface area contributed by atoms with Crippen molar-refractivity contribution in [2.75, 3.05) is 31.3 Å². The molecule has 0 atom stereocenters. The number of hydrogen-bond acceptors (Lipinski definition) is 5. The highest BCUT2D eigenvalue weighted by Crippen LogP contribution is 2.04. The highest BCUT2D eigenvalue weighted by Gasteiger charge is 2.04. The van der Waals surface area contributed by atoms with Crippen molar-refractivity contribution in [3.05, 3.63) is 17.6 Å². The molecule has 0 spiro atoms. The van der Waals surface area contributed by atoms with E-state index < -0.39 is 0 Å². The fraction of sp³-hybridized carbons (Fsp3) is 0.600. The molecule has 0 aromatic carbocycles. The molecular weight excluding hydrogens is 208 g/mol. The van der Waals surface area contributed by atoms with E-state index in [4.69, 9.17) is 5.73 Å². The molecule has 1 heterocycles. The number of nitrogen functional groups attached to an aromatic ring is 1. The molecule has 0 saturated carbocycles. The minimum atomic E-state index is 0.552. The van der Waals surface area contributed by atoms with Crippen LogP contribution in [0.3, 0.4) is 0 Å². The lowest BCUT2D eigenvalue weighted by Gasteiger charge is -2.14. The topological polar surface area (TPSA) is 55.0 Å². The summed E-state index contributed by atoms with van der Waals surface area (Å²) in [6.45, 7) is 3.73. The molecule has 84 valence electrons. The van der Waals surface area contributed by atoms with Crippen LogP contribution in [-0.4, -0.2) is 40.5 Å². The summed E-state index contributed by atoms with van der Waals surface area (Å²) in [5.74, 6) is 2.48. The molecule has 0 aliphatic carbocycles. The molecule has 2 N–H and O–H groups in total. The van der Waals surface area contributed by atoms with Crippen LogP contribution in [0.4, 0.5) is 5.82 Å². The van der Waals surface area contributed by atoms with Crippen LogP contribution in [0, 0.1) is 6.92 Å². The SMILES string of the molecule is CSCCN(C)Cc1nc(C)cc(N)n1. The maximum absolute atomic E-state index is 5.66. The van der Waals surface area contributed by atoms with Crippen LogP contribution in [0.25, 0.3) is 0 Å². The molecule has 1 rings (SSSR count). The monoisotopic (exact) mass is 226 g/mol. The molecule has 0 aliphatic rings. The highest BCUT2D eigenvalue weighted by molar-refractivity contribution is 7.98. The van der Waals surface area contributed by atoms with Gasteiger partial charge in [0.2, 0.25) is 0 Å². The van der Waals surface area contributed by atoms with E-state index in [1.54, 1.807) is 6.07 Å².